The van der Waals surface area contributed by atoms with Crippen molar-refractivity contribution in [2.75, 3.05) is 5.73 Å². The van der Waals surface area contributed by atoms with Gasteiger partial charge in [0, 0.05) is 26.9 Å². The van der Waals surface area contributed by atoms with Crippen LogP contribution < -0.4 is 5.73 Å². The van der Waals surface area contributed by atoms with Gasteiger partial charge in [0.2, 0.25) is 5.95 Å². The van der Waals surface area contributed by atoms with Gasteiger partial charge in [-0.05, 0) is 22.0 Å². The zero-order valence-electron chi connectivity index (χ0n) is 9.53. The van der Waals surface area contributed by atoms with Crippen LogP contribution in [0.3, 0.4) is 0 Å². The Bertz CT molecular complexity index is 766. The first-order valence-corrected chi connectivity index (χ1v) is 7.05. The minimum absolute atomic E-state index is 0.0921. The molecule has 3 aromatic rings. The first-order valence-electron chi connectivity index (χ1n) is 5.38. The molecule has 0 atom stereocenters. The standard InChI is InChI=1S/C12H8BrF2N3S/c13-6-1-8(19-5-6)4-18-10-3-7(14)2-9(15)11(10)17-12(18)16/h1-3,5H,4H2,(H2,16,17). The molecule has 0 bridgehead atoms. The van der Waals surface area contributed by atoms with Gasteiger partial charge in [-0.2, -0.15) is 0 Å². The predicted molar refractivity (Wildman–Crippen MR) is 75.2 cm³/mol. The van der Waals surface area contributed by atoms with E-state index in [4.69, 9.17) is 5.73 Å². The molecule has 0 saturated heterocycles. The number of hydrogen-bond donors (Lipinski definition) is 1. The summed E-state index contributed by atoms with van der Waals surface area (Å²) in [5.41, 5.74) is 6.24. The molecule has 0 aliphatic carbocycles. The van der Waals surface area contributed by atoms with E-state index in [1.807, 2.05) is 11.4 Å². The molecule has 0 aliphatic heterocycles. The van der Waals surface area contributed by atoms with Crippen molar-refractivity contribution < 1.29 is 8.78 Å². The van der Waals surface area contributed by atoms with Crippen molar-refractivity contribution >= 4 is 44.2 Å². The summed E-state index contributed by atoms with van der Waals surface area (Å²) in [7, 11) is 0. The minimum atomic E-state index is -0.701. The van der Waals surface area contributed by atoms with Gasteiger partial charge in [0.1, 0.15) is 11.3 Å². The van der Waals surface area contributed by atoms with Crippen LogP contribution in [0.5, 0.6) is 0 Å². The number of hydrogen-bond acceptors (Lipinski definition) is 3. The summed E-state index contributed by atoms with van der Waals surface area (Å²) in [6, 6.07) is 3.98. The summed E-state index contributed by atoms with van der Waals surface area (Å²) in [6.45, 7) is 0.432. The molecule has 3 nitrogen and oxygen atoms in total. The second-order valence-corrected chi connectivity index (χ2v) is 5.95. The summed E-state index contributed by atoms with van der Waals surface area (Å²) in [6.07, 6.45) is 0. The van der Waals surface area contributed by atoms with Crippen LogP contribution in [0.1, 0.15) is 4.88 Å². The van der Waals surface area contributed by atoms with Crippen molar-refractivity contribution in [3.8, 4) is 0 Å². The number of halogens is 3. The second kappa shape index (κ2) is 4.57. The fraction of sp³-hybridized carbons (Fsp3) is 0.0833. The molecule has 2 aromatic heterocycles. The van der Waals surface area contributed by atoms with Crippen molar-refractivity contribution in [3.63, 3.8) is 0 Å². The molecule has 0 spiro atoms. The lowest BCUT2D eigenvalue weighted by atomic mass is 10.3. The highest BCUT2D eigenvalue weighted by Crippen LogP contribution is 2.26. The van der Waals surface area contributed by atoms with Crippen molar-refractivity contribution in [2.24, 2.45) is 0 Å². The van der Waals surface area contributed by atoms with Gasteiger partial charge in [-0.25, -0.2) is 13.8 Å². The molecular weight excluding hydrogens is 336 g/mol. The van der Waals surface area contributed by atoms with E-state index in [2.05, 4.69) is 20.9 Å². The van der Waals surface area contributed by atoms with Gasteiger partial charge >= 0.3 is 0 Å². The molecular formula is C12H8BrF2N3S. The van der Waals surface area contributed by atoms with Gasteiger partial charge < -0.3 is 10.3 Å². The van der Waals surface area contributed by atoms with E-state index in [-0.39, 0.29) is 11.5 Å². The average Bonchev–Trinajstić information content (AvgIpc) is 2.87. The maximum Gasteiger partial charge on any atom is 0.201 e. The average molecular weight is 344 g/mol. The Kier molecular flexibility index (Phi) is 3.02. The smallest absolute Gasteiger partial charge is 0.201 e. The third kappa shape index (κ3) is 2.23. The van der Waals surface area contributed by atoms with Gasteiger partial charge in [0.25, 0.3) is 0 Å². The molecule has 3 rings (SSSR count). The molecule has 1 aromatic carbocycles. The SMILES string of the molecule is Nc1nc2c(F)cc(F)cc2n1Cc1cc(Br)cs1. The molecule has 0 unspecified atom stereocenters. The van der Waals surface area contributed by atoms with Crippen LogP contribution in [0, 0.1) is 11.6 Å². The first-order chi connectivity index (χ1) is 9.04. The van der Waals surface area contributed by atoms with E-state index < -0.39 is 11.6 Å². The van der Waals surface area contributed by atoms with E-state index in [1.165, 1.54) is 17.4 Å². The Morgan fingerprint density at radius 1 is 1.32 bits per heavy atom. The molecule has 0 aliphatic rings. The number of nitrogens with two attached hydrogens (primary N) is 1. The van der Waals surface area contributed by atoms with Gasteiger partial charge in [-0.1, -0.05) is 0 Å². The summed E-state index contributed by atoms with van der Waals surface area (Å²) in [5.74, 6) is -1.17. The number of imidazole rings is 1. The molecule has 7 heteroatoms. The molecule has 0 amide bonds. The predicted octanol–water partition coefficient (Wildman–Crippen LogP) is 3.77. The number of nitrogen functional groups attached to an aromatic ring is 1. The van der Waals surface area contributed by atoms with Crippen molar-refractivity contribution in [1.82, 2.24) is 9.55 Å². The maximum atomic E-state index is 13.6. The summed E-state index contributed by atoms with van der Waals surface area (Å²) in [5, 5.41) is 1.94. The zero-order chi connectivity index (χ0) is 13.6. The second-order valence-electron chi connectivity index (χ2n) is 4.04. The number of fused-ring (bicyclic) bond motifs is 1. The normalized spacial score (nSPS) is 11.3. The first kappa shape index (κ1) is 12.6. The lowest BCUT2D eigenvalue weighted by molar-refractivity contribution is 0.590. The van der Waals surface area contributed by atoms with E-state index in [1.54, 1.807) is 4.57 Å². The summed E-state index contributed by atoms with van der Waals surface area (Å²) >= 11 is 4.90. The van der Waals surface area contributed by atoms with Crippen molar-refractivity contribution in [3.05, 3.63) is 44.6 Å². The van der Waals surface area contributed by atoms with Crippen molar-refractivity contribution in [2.45, 2.75) is 6.54 Å². The van der Waals surface area contributed by atoms with Crippen LogP contribution in [-0.4, -0.2) is 9.55 Å². The molecule has 2 heterocycles. The molecule has 19 heavy (non-hydrogen) atoms. The molecule has 0 radical (unpaired) electrons. The largest absolute Gasteiger partial charge is 0.369 e. The van der Waals surface area contributed by atoms with Crippen LogP contribution >= 0.6 is 27.3 Å². The topological polar surface area (TPSA) is 43.8 Å². The summed E-state index contributed by atoms with van der Waals surface area (Å²) < 4.78 is 29.5. The maximum absolute atomic E-state index is 13.6. The molecule has 98 valence electrons. The Balaban J connectivity index is 2.15. The molecule has 0 fully saturated rings. The third-order valence-electron chi connectivity index (χ3n) is 2.74. The Labute approximate surface area is 119 Å². The Morgan fingerprint density at radius 2 is 2.11 bits per heavy atom. The van der Waals surface area contributed by atoms with E-state index >= 15 is 0 Å². The fourth-order valence-electron chi connectivity index (χ4n) is 1.93. The number of anilines is 1. The lowest BCUT2D eigenvalue weighted by Gasteiger charge is -2.04. The molecule has 0 saturated carbocycles. The van der Waals surface area contributed by atoms with Gasteiger partial charge in [0.15, 0.2) is 5.82 Å². The van der Waals surface area contributed by atoms with Crippen LogP contribution in [0.4, 0.5) is 14.7 Å². The van der Waals surface area contributed by atoms with E-state index in [9.17, 15) is 8.78 Å². The van der Waals surface area contributed by atoms with Crippen LogP contribution in [0.2, 0.25) is 0 Å². The third-order valence-corrected chi connectivity index (χ3v) is 4.42. The van der Waals surface area contributed by atoms with Crippen LogP contribution in [0.15, 0.2) is 28.1 Å². The Hall–Kier alpha value is -1.47. The van der Waals surface area contributed by atoms with Gasteiger partial charge in [-0.3, -0.25) is 0 Å². The number of benzene rings is 1. The fourth-order valence-corrected chi connectivity index (χ4v) is 3.36. The van der Waals surface area contributed by atoms with Crippen LogP contribution in [-0.2, 0) is 6.54 Å². The highest BCUT2D eigenvalue weighted by atomic mass is 79.9. The van der Waals surface area contributed by atoms with E-state index in [0.29, 0.717) is 12.1 Å². The van der Waals surface area contributed by atoms with E-state index in [0.717, 1.165) is 15.4 Å². The zero-order valence-corrected chi connectivity index (χ0v) is 11.9. The quantitative estimate of drug-likeness (QED) is 0.769. The van der Waals surface area contributed by atoms with Crippen molar-refractivity contribution in [1.29, 1.82) is 0 Å². The Morgan fingerprint density at radius 3 is 2.79 bits per heavy atom. The number of nitrogens with zero attached hydrogens (tertiary/aromatic N) is 2. The van der Waals surface area contributed by atoms with Gasteiger partial charge in [-0.15, -0.1) is 11.3 Å². The number of rotatable bonds is 2. The van der Waals surface area contributed by atoms with Gasteiger partial charge in [0.05, 0.1) is 12.1 Å². The number of thiophene rings is 1. The highest BCUT2D eigenvalue weighted by Gasteiger charge is 2.14. The molecule has 2 N–H and O–H groups in total. The number of aromatic nitrogens is 2. The highest BCUT2D eigenvalue weighted by molar-refractivity contribution is 9.10. The monoisotopic (exact) mass is 343 g/mol. The van der Waals surface area contributed by atoms with Crippen LogP contribution in [0.25, 0.3) is 11.0 Å². The summed E-state index contributed by atoms with van der Waals surface area (Å²) in [4.78, 5) is 4.96. The minimum Gasteiger partial charge on any atom is -0.369 e. The lowest BCUT2D eigenvalue weighted by Crippen LogP contribution is -2.03.